The van der Waals surface area contributed by atoms with Crippen molar-refractivity contribution in [3.63, 3.8) is 0 Å². The van der Waals surface area contributed by atoms with Crippen LogP contribution in [-0.4, -0.2) is 58.1 Å². The minimum absolute atomic E-state index is 0.0729. The average Bonchev–Trinajstić information content (AvgIpc) is 2.92. The highest BCUT2D eigenvalue weighted by Crippen LogP contribution is 2.36. The van der Waals surface area contributed by atoms with Crippen LogP contribution in [-0.2, 0) is 9.53 Å². The third kappa shape index (κ3) is 12.8. The van der Waals surface area contributed by atoms with Gasteiger partial charge in [0.15, 0.2) is 11.6 Å². The number of aliphatic imine (C=N–C) groups is 1. The summed E-state index contributed by atoms with van der Waals surface area (Å²) in [5.41, 5.74) is 13.5. The van der Waals surface area contributed by atoms with Gasteiger partial charge in [0.25, 0.3) is 0 Å². The Balaban J connectivity index is 0.00000269. The van der Waals surface area contributed by atoms with Gasteiger partial charge in [0.1, 0.15) is 26.0 Å². The maximum Gasteiger partial charge on any atom is 0.166 e. The summed E-state index contributed by atoms with van der Waals surface area (Å²) in [7, 11) is 3.90. The van der Waals surface area contributed by atoms with Gasteiger partial charge in [-0.25, -0.2) is 9.37 Å². The molecule has 39 heavy (non-hydrogen) atoms. The summed E-state index contributed by atoms with van der Waals surface area (Å²) in [6.07, 6.45) is 5.72. The van der Waals surface area contributed by atoms with E-state index >= 15 is 0 Å². The molecule has 1 aromatic carbocycles. The van der Waals surface area contributed by atoms with Crippen LogP contribution in [0.1, 0.15) is 43.9 Å². The molecule has 8 nitrogen and oxygen atoms in total. The van der Waals surface area contributed by atoms with E-state index in [0.29, 0.717) is 29.9 Å². The molecule has 1 aromatic heterocycles. The molecular weight excluding hydrogens is 543 g/mol. The van der Waals surface area contributed by atoms with Crippen molar-refractivity contribution in [3.8, 4) is 5.75 Å². The third-order valence-electron chi connectivity index (χ3n) is 5.14. The van der Waals surface area contributed by atoms with Crippen LogP contribution in [0.5, 0.6) is 5.75 Å². The first kappa shape index (κ1) is 36.3. The second-order valence-electron chi connectivity index (χ2n) is 8.13. The van der Waals surface area contributed by atoms with Gasteiger partial charge in [-0.2, -0.15) is 0 Å². The minimum atomic E-state index is -0.682. The molecule has 0 fully saturated rings. The van der Waals surface area contributed by atoms with Crippen molar-refractivity contribution < 1.29 is 18.7 Å². The van der Waals surface area contributed by atoms with Gasteiger partial charge in [0, 0.05) is 53.5 Å². The first-order valence-corrected chi connectivity index (χ1v) is 13.3. The smallest absolute Gasteiger partial charge is 0.166 e. The molecule has 0 bridgehead atoms. The maximum atomic E-state index is 13.9. The minimum Gasteiger partial charge on any atom is -0.482 e. The third-order valence-corrected chi connectivity index (χ3v) is 5.85. The highest BCUT2D eigenvalue weighted by Gasteiger charge is 2.20. The van der Waals surface area contributed by atoms with Crippen LogP contribution in [0.2, 0.25) is 23.7 Å². The molecule has 1 heterocycles. The summed E-state index contributed by atoms with van der Waals surface area (Å²) in [5, 5.41) is 3.33. The van der Waals surface area contributed by atoms with E-state index in [0.717, 1.165) is 19.4 Å². The monoisotopic (exact) mass is 582 g/mol. The Hall–Kier alpha value is -2.66. The Morgan fingerprint density at radius 2 is 1.97 bits per heavy atom. The number of carbonyl (C=O) groups excluding carboxylic acids is 1. The number of nitrogens with one attached hydrogen (secondary N) is 1. The molecule has 12 heteroatoms. The molecule has 0 saturated heterocycles. The fraction of sp³-hybridized carbons (Fsp3) is 0.444. The molecule has 2 aromatic rings. The van der Waals surface area contributed by atoms with Crippen molar-refractivity contribution in [1.29, 1.82) is 0 Å². The summed E-state index contributed by atoms with van der Waals surface area (Å²) >= 11 is 12.3. The molecule has 1 radical (unpaired) electrons. The number of allylic oxidation sites excluding steroid dienone is 1. The Bertz CT molecular complexity index is 1050. The molecule has 0 spiro atoms. The fourth-order valence-corrected chi connectivity index (χ4v) is 3.92. The lowest BCUT2D eigenvalue weighted by molar-refractivity contribution is -0.0980. The van der Waals surface area contributed by atoms with E-state index in [9.17, 15) is 4.39 Å². The Kier molecular flexibility index (Phi) is 19.8. The van der Waals surface area contributed by atoms with Crippen LogP contribution >= 0.6 is 23.2 Å². The van der Waals surface area contributed by atoms with Crippen LogP contribution in [0.4, 0.5) is 10.2 Å². The van der Waals surface area contributed by atoms with Crippen molar-refractivity contribution in [3.05, 3.63) is 57.6 Å². The SMILES string of the molecule is C=O.CCOCCC(CCNC)N=C/C(=C\N)c1cnc(N)c(OC(C)c2c(Cl)ccc(F)c2Cl)c1.C[B]C. The molecular formula is C27H40BCl2FN5O3. The Morgan fingerprint density at radius 1 is 1.31 bits per heavy atom. The van der Waals surface area contributed by atoms with Crippen molar-refractivity contribution in [2.45, 2.75) is 52.5 Å². The van der Waals surface area contributed by atoms with E-state index in [2.05, 4.69) is 10.3 Å². The molecule has 0 saturated carbocycles. The molecule has 0 aliphatic heterocycles. The summed E-state index contributed by atoms with van der Waals surface area (Å²) in [6, 6.07) is 4.40. The predicted molar refractivity (Wildman–Crippen MR) is 163 cm³/mol. The van der Waals surface area contributed by atoms with Gasteiger partial charge in [0.2, 0.25) is 0 Å². The number of halogens is 3. The van der Waals surface area contributed by atoms with Crippen molar-refractivity contribution in [2.75, 3.05) is 32.5 Å². The van der Waals surface area contributed by atoms with Gasteiger partial charge in [-0.15, -0.1) is 0 Å². The first-order valence-electron chi connectivity index (χ1n) is 12.5. The van der Waals surface area contributed by atoms with E-state index < -0.39 is 11.9 Å². The second kappa shape index (κ2) is 21.2. The zero-order valence-electron chi connectivity index (χ0n) is 23.3. The molecule has 2 atom stereocenters. The first-order chi connectivity index (χ1) is 18.7. The van der Waals surface area contributed by atoms with Crippen molar-refractivity contribution >= 4 is 54.9 Å². The molecule has 2 rings (SSSR count). The number of nitrogens with two attached hydrogens (primary N) is 2. The van der Waals surface area contributed by atoms with E-state index in [4.69, 9.17) is 53.9 Å². The van der Waals surface area contributed by atoms with Gasteiger partial charge in [-0.05, 0) is 58.5 Å². The van der Waals surface area contributed by atoms with Crippen molar-refractivity contribution in [2.24, 2.45) is 10.7 Å². The predicted octanol–water partition coefficient (Wildman–Crippen LogP) is 5.63. The molecule has 0 amide bonds. The quantitative estimate of drug-likeness (QED) is 0.121. The number of rotatable bonds is 13. The van der Waals surface area contributed by atoms with Gasteiger partial charge in [-0.3, -0.25) is 4.99 Å². The normalized spacial score (nSPS) is 12.6. The largest absolute Gasteiger partial charge is 0.482 e. The zero-order chi connectivity index (χ0) is 29.8. The topological polar surface area (TPSA) is 125 Å². The van der Waals surface area contributed by atoms with Gasteiger partial charge >= 0.3 is 0 Å². The van der Waals surface area contributed by atoms with Crippen LogP contribution in [0, 0.1) is 5.82 Å². The molecule has 5 N–H and O–H groups in total. The molecule has 2 unspecified atom stereocenters. The summed E-state index contributed by atoms with van der Waals surface area (Å²) in [6.45, 7) is 11.8. The van der Waals surface area contributed by atoms with E-state index in [1.807, 2.05) is 41.7 Å². The van der Waals surface area contributed by atoms with Crippen molar-refractivity contribution in [1.82, 2.24) is 10.3 Å². The number of nitrogen functional groups attached to an aromatic ring is 1. The average molecular weight is 583 g/mol. The lowest BCUT2D eigenvalue weighted by atomic mass is 9.88. The van der Waals surface area contributed by atoms with Gasteiger partial charge < -0.3 is 31.1 Å². The van der Waals surface area contributed by atoms with Crippen LogP contribution in [0.3, 0.4) is 0 Å². The van der Waals surface area contributed by atoms with E-state index in [1.54, 1.807) is 25.4 Å². The number of pyridine rings is 1. The highest BCUT2D eigenvalue weighted by atomic mass is 35.5. The lowest BCUT2D eigenvalue weighted by Crippen LogP contribution is -2.17. The number of benzene rings is 1. The second-order valence-corrected chi connectivity index (χ2v) is 8.92. The van der Waals surface area contributed by atoms with Gasteiger partial charge in [0.05, 0.1) is 11.1 Å². The molecule has 215 valence electrons. The fourth-order valence-electron chi connectivity index (χ4n) is 3.24. The standard InChI is InChI=1S/C24H32Cl2FN5O2.C2H6B.CH2O/c1-4-33-10-8-18(7-9-30-3)31-14-17(12-28)16-11-21(24(29)32-13-16)34-15(2)22-19(25)5-6-20(27)23(22)26;1-3-2;1-2/h5-6,11-15,18,30H,4,7-10,28H2,1-3H3,(H2,29,32);1-2H3;1H2/b17-12+,31-14?;;. The Morgan fingerprint density at radius 3 is 2.56 bits per heavy atom. The number of nitrogens with zero attached hydrogens (tertiary/aromatic N) is 2. The lowest BCUT2D eigenvalue weighted by Gasteiger charge is -2.19. The number of ether oxygens (including phenoxy) is 2. The Labute approximate surface area is 242 Å². The van der Waals surface area contributed by atoms with Gasteiger partial charge in [-0.1, -0.05) is 36.8 Å². The van der Waals surface area contributed by atoms with Crippen LogP contribution < -0.4 is 21.5 Å². The number of hydrogen-bond acceptors (Lipinski definition) is 8. The summed E-state index contributed by atoms with van der Waals surface area (Å²) < 4.78 is 25.4. The maximum absolute atomic E-state index is 13.9. The molecule has 0 aliphatic rings. The number of hydrogen-bond donors (Lipinski definition) is 3. The highest BCUT2D eigenvalue weighted by molar-refractivity contribution is 6.36. The number of aromatic nitrogens is 1. The van der Waals surface area contributed by atoms with Crippen LogP contribution in [0.15, 0.2) is 35.6 Å². The summed E-state index contributed by atoms with van der Waals surface area (Å²) in [4.78, 5) is 16.9. The van der Waals surface area contributed by atoms with Crippen LogP contribution in [0.25, 0.3) is 5.57 Å². The summed E-state index contributed by atoms with van der Waals surface area (Å²) in [5.74, 6) is -0.133. The van der Waals surface area contributed by atoms with E-state index in [-0.39, 0.29) is 27.7 Å². The zero-order valence-corrected chi connectivity index (χ0v) is 24.9. The molecule has 0 aliphatic carbocycles. The van der Waals surface area contributed by atoms with E-state index in [1.165, 1.54) is 18.3 Å². The number of anilines is 1. The number of carbonyl (C=O) groups is 1.